The van der Waals surface area contributed by atoms with Crippen LogP contribution in [0.2, 0.25) is 0 Å². The van der Waals surface area contributed by atoms with Crippen molar-refractivity contribution in [3.05, 3.63) is 23.4 Å². The van der Waals surface area contributed by atoms with E-state index < -0.39 is 0 Å². The van der Waals surface area contributed by atoms with Crippen molar-refractivity contribution in [2.24, 2.45) is 0 Å². The van der Waals surface area contributed by atoms with Gasteiger partial charge in [-0.2, -0.15) is 0 Å². The van der Waals surface area contributed by atoms with E-state index in [0.717, 1.165) is 32.2 Å². The smallest absolute Gasteiger partial charge is 0.131 e. The Hall–Kier alpha value is -1.13. The van der Waals surface area contributed by atoms with E-state index in [1.54, 1.807) is 0 Å². The van der Waals surface area contributed by atoms with Gasteiger partial charge >= 0.3 is 0 Å². The van der Waals surface area contributed by atoms with Crippen molar-refractivity contribution in [3.63, 3.8) is 0 Å². The molecule has 1 N–H and O–H groups in total. The molecule has 21 heavy (non-hydrogen) atoms. The predicted octanol–water partition coefficient (Wildman–Crippen LogP) is 2.42. The van der Waals surface area contributed by atoms with Crippen molar-refractivity contribution >= 4 is 5.82 Å². The van der Waals surface area contributed by atoms with Crippen LogP contribution in [-0.4, -0.2) is 49.7 Å². The normalized spacial score (nSPS) is 16.7. The maximum absolute atomic E-state index is 4.72. The van der Waals surface area contributed by atoms with Gasteiger partial charge in [-0.1, -0.05) is 6.92 Å². The largest absolute Gasteiger partial charge is 0.356 e. The third-order valence-electron chi connectivity index (χ3n) is 4.36. The molecule has 118 valence electrons. The van der Waals surface area contributed by atoms with Gasteiger partial charge in [-0.15, -0.1) is 0 Å². The average molecular weight is 290 g/mol. The summed E-state index contributed by atoms with van der Waals surface area (Å²) in [5, 5.41) is 3.44. The number of hydrogen-bond acceptors (Lipinski definition) is 4. The summed E-state index contributed by atoms with van der Waals surface area (Å²) in [4.78, 5) is 9.51. The fourth-order valence-corrected chi connectivity index (χ4v) is 3.06. The third kappa shape index (κ3) is 4.42. The second-order valence-electron chi connectivity index (χ2n) is 6.34. The maximum Gasteiger partial charge on any atom is 0.131 e. The molecule has 1 aliphatic heterocycles. The molecule has 1 aromatic rings. The minimum Gasteiger partial charge on any atom is -0.356 e. The summed E-state index contributed by atoms with van der Waals surface area (Å²) in [5.74, 6) is 1.17. The Bertz CT molecular complexity index is 436. The van der Waals surface area contributed by atoms with Crippen molar-refractivity contribution in [1.82, 2.24) is 15.2 Å². The molecular formula is C17H30N4. The number of rotatable bonds is 6. The van der Waals surface area contributed by atoms with E-state index in [1.165, 1.54) is 36.2 Å². The van der Waals surface area contributed by atoms with Gasteiger partial charge in [-0.05, 0) is 64.0 Å². The number of piperidine rings is 1. The second-order valence-corrected chi connectivity index (χ2v) is 6.34. The number of pyridine rings is 1. The third-order valence-corrected chi connectivity index (χ3v) is 4.36. The molecule has 0 amide bonds. The van der Waals surface area contributed by atoms with E-state index in [2.05, 4.69) is 49.1 Å². The minimum atomic E-state index is 0.721. The second kappa shape index (κ2) is 7.76. The van der Waals surface area contributed by atoms with Crippen LogP contribution < -0.4 is 10.2 Å². The molecule has 0 unspecified atom stereocenters. The molecule has 0 atom stereocenters. The number of aryl methyl sites for hydroxylation is 1. The Kier molecular flexibility index (Phi) is 6.00. The van der Waals surface area contributed by atoms with E-state index in [4.69, 9.17) is 4.98 Å². The molecule has 0 radical (unpaired) electrons. The average Bonchev–Trinajstić information content (AvgIpc) is 2.48. The molecule has 0 saturated carbocycles. The van der Waals surface area contributed by atoms with Gasteiger partial charge in [-0.25, -0.2) is 4.98 Å². The van der Waals surface area contributed by atoms with Crippen LogP contribution in [0.1, 0.15) is 37.3 Å². The maximum atomic E-state index is 4.72. The first-order chi connectivity index (χ1) is 10.1. The number of anilines is 1. The molecule has 0 spiro atoms. The number of aromatic nitrogens is 1. The Labute approximate surface area is 129 Å². The summed E-state index contributed by atoms with van der Waals surface area (Å²) in [6.07, 6.45) is 5.66. The van der Waals surface area contributed by atoms with Crippen LogP contribution in [0.3, 0.4) is 0 Å². The summed E-state index contributed by atoms with van der Waals surface area (Å²) in [6, 6.07) is 3.00. The van der Waals surface area contributed by atoms with Crippen LogP contribution in [0.4, 0.5) is 5.82 Å². The zero-order valence-electron chi connectivity index (χ0n) is 14.0. The lowest BCUT2D eigenvalue weighted by Gasteiger charge is -2.36. The Morgan fingerprint density at radius 1 is 1.33 bits per heavy atom. The van der Waals surface area contributed by atoms with Crippen LogP contribution in [0.25, 0.3) is 0 Å². The zero-order valence-corrected chi connectivity index (χ0v) is 14.0. The van der Waals surface area contributed by atoms with Gasteiger partial charge in [0.2, 0.25) is 0 Å². The lowest BCUT2D eigenvalue weighted by molar-refractivity contribution is 0.249. The van der Waals surface area contributed by atoms with Crippen LogP contribution in [0.5, 0.6) is 0 Å². The van der Waals surface area contributed by atoms with E-state index in [1.807, 2.05) is 6.20 Å². The predicted molar refractivity (Wildman–Crippen MR) is 89.9 cm³/mol. The lowest BCUT2D eigenvalue weighted by Crippen LogP contribution is -2.42. The van der Waals surface area contributed by atoms with Crippen LogP contribution in [-0.2, 0) is 6.54 Å². The molecule has 4 heteroatoms. The minimum absolute atomic E-state index is 0.721. The molecule has 0 bridgehead atoms. The summed E-state index contributed by atoms with van der Waals surface area (Å²) in [7, 11) is 4.36. The molecule has 1 saturated heterocycles. The molecule has 2 heterocycles. The van der Waals surface area contributed by atoms with Gasteiger partial charge in [0.05, 0.1) is 0 Å². The number of nitrogens with zero attached hydrogens (tertiary/aromatic N) is 3. The van der Waals surface area contributed by atoms with E-state index >= 15 is 0 Å². The highest BCUT2D eigenvalue weighted by molar-refractivity contribution is 5.47. The highest BCUT2D eigenvalue weighted by atomic mass is 15.2. The molecular weight excluding hydrogens is 260 g/mol. The topological polar surface area (TPSA) is 31.4 Å². The van der Waals surface area contributed by atoms with Gasteiger partial charge in [0, 0.05) is 31.9 Å². The van der Waals surface area contributed by atoms with Crippen molar-refractivity contribution in [3.8, 4) is 0 Å². The Morgan fingerprint density at radius 3 is 2.62 bits per heavy atom. The summed E-state index contributed by atoms with van der Waals surface area (Å²) < 4.78 is 0. The molecule has 1 fully saturated rings. The molecule has 1 aliphatic rings. The summed E-state index contributed by atoms with van der Waals surface area (Å²) in [5.41, 5.74) is 2.59. The van der Waals surface area contributed by atoms with Crippen LogP contribution in [0, 0.1) is 6.92 Å². The first-order valence-corrected chi connectivity index (χ1v) is 8.19. The lowest BCUT2D eigenvalue weighted by atomic mass is 10.0. The van der Waals surface area contributed by atoms with Gasteiger partial charge in [0.25, 0.3) is 0 Å². The molecule has 2 rings (SSSR count). The SMILES string of the molecule is CCCNCc1cnc(N2CCC(N(C)C)CC2)c(C)c1. The Morgan fingerprint density at radius 2 is 2.05 bits per heavy atom. The Balaban J connectivity index is 1.95. The monoisotopic (exact) mass is 290 g/mol. The quantitative estimate of drug-likeness (QED) is 0.815. The standard InChI is InChI=1S/C17H30N4/c1-5-8-18-12-15-11-14(2)17(19-13-15)21-9-6-16(7-10-21)20(3)4/h11,13,16,18H,5-10,12H2,1-4H3. The molecule has 4 nitrogen and oxygen atoms in total. The highest BCUT2D eigenvalue weighted by Crippen LogP contribution is 2.23. The van der Waals surface area contributed by atoms with E-state index in [-0.39, 0.29) is 0 Å². The molecule has 1 aromatic heterocycles. The van der Waals surface area contributed by atoms with Gasteiger partial charge in [-0.3, -0.25) is 0 Å². The van der Waals surface area contributed by atoms with Crippen molar-refractivity contribution < 1.29 is 0 Å². The number of hydrogen-bond donors (Lipinski definition) is 1. The summed E-state index contributed by atoms with van der Waals surface area (Å²) in [6.45, 7) is 8.60. The fraction of sp³-hybridized carbons (Fsp3) is 0.706. The zero-order chi connectivity index (χ0) is 15.2. The number of nitrogens with one attached hydrogen (secondary N) is 1. The fourth-order valence-electron chi connectivity index (χ4n) is 3.06. The summed E-state index contributed by atoms with van der Waals surface area (Å²) >= 11 is 0. The van der Waals surface area contributed by atoms with Crippen molar-refractivity contribution in [2.75, 3.05) is 38.6 Å². The van der Waals surface area contributed by atoms with Crippen LogP contribution in [0.15, 0.2) is 12.3 Å². The van der Waals surface area contributed by atoms with Gasteiger partial charge < -0.3 is 15.1 Å². The van der Waals surface area contributed by atoms with Crippen molar-refractivity contribution in [1.29, 1.82) is 0 Å². The highest BCUT2D eigenvalue weighted by Gasteiger charge is 2.22. The molecule has 0 aliphatic carbocycles. The van der Waals surface area contributed by atoms with Gasteiger partial charge in [0.1, 0.15) is 5.82 Å². The molecule has 0 aromatic carbocycles. The van der Waals surface area contributed by atoms with Crippen molar-refractivity contribution in [2.45, 2.75) is 45.7 Å². The van der Waals surface area contributed by atoms with Crippen LogP contribution >= 0.6 is 0 Å². The van der Waals surface area contributed by atoms with Gasteiger partial charge in [0.15, 0.2) is 0 Å². The van der Waals surface area contributed by atoms with E-state index in [9.17, 15) is 0 Å². The first kappa shape index (κ1) is 16.2. The van der Waals surface area contributed by atoms with E-state index in [0.29, 0.717) is 0 Å². The first-order valence-electron chi connectivity index (χ1n) is 8.19.